The molecule has 0 spiro atoms. The van der Waals surface area contributed by atoms with Crippen molar-refractivity contribution in [3.8, 4) is 0 Å². The van der Waals surface area contributed by atoms with Crippen LogP contribution < -0.4 is 10.6 Å². The van der Waals surface area contributed by atoms with Gasteiger partial charge in [0.25, 0.3) is 0 Å². The van der Waals surface area contributed by atoms with Gasteiger partial charge in [-0.1, -0.05) is 19.0 Å². The van der Waals surface area contributed by atoms with E-state index in [9.17, 15) is 14.4 Å². The number of aliphatic imine (C=N–C) groups is 1. The fraction of sp³-hybridized carbons (Fsp3) is 0.792. The van der Waals surface area contributed by atoms with Crippen LogP contribution in [0.2, 0.25) is 0 Å². The molecule has 0 aromatic heterocycles. The largest absolute Gasteiger partial charge is 0.469 e. The van der Waals surface area contributed by atoms with Gasteiger partial charge in [-0.05, 0) is 60.8 Å². The number of hydrogen-bond acceptors (Lipinski definition) is 9. The van der Waals surface area contributed by atoms with Gasteiger partial charge in [0.15, 0.2) is 6.10 Å². The van der Waals surface area contributed by atoms with E-state index in [4.69, 9.17) is 19.0 Å². The molecule has 1 heterocycles. The van der Waals surface area contributed by atoms with Crippen LogP contribution in [0.3, 0.4) is 0 Å². The zero-order chi connectivity index (χ0) is 26.6. The molecular weight excluding hydrogens is 456 g/mol. The Hall–Kier alpha value is -2.85. The molecular formula is C24H40N4O7. The first-order valence-electron chi connectivity index (χ1n) is 12.1. The predicted molar refractivity (Wildman–Crippen MR) is 130 cm³/mol. The lowest BCUT2D eigenvalue weighted by atomic mass is 9.84. The summed E-state index contributed by atoms with van der Waals surface area (Å²) in [7, 11) is 1.32. The van der Waals surface area contributed by atoms with Crippen molar-refractivity contribution in [2.45, 2.75) is 98.0 Å². The maximum absolute atomic E-state index is 12.5. The minimum atomic E-state index is -0.789. The van der Waals surface area contributed by atoms with Gasteiger partial charge in [-0.15, -0.1) is 0 Å². The Morgan fingerprint density at radius 1 is 1.03 bits per heavy atom. The van der Waals surface area contributed by atoms with Crippen molar-refractivity contribution >= 4 is 29.8 Å². The van der Waals surface area contributed by atoms with Crippen molar-refractivity contribution in [3.05, 3.63) is 0 Å². The van der Waals surface area contributed by atoms with Crippen LogP contribution in [-0.2, 0) is 23.8 Å². The van der Waals surface area contributed by atoms with E-state index >= 15 is 0 Å². The third kappa shape index (κ3) is 7.83. The fourth-order valence-electron chi connectivity index (χ4n) is 4.33. The lowest BCUT2D eigenvalue weighted by molar-refractivity contribution is -0.149. The second kappa shape index (κ2) is 11.3. The summed E-state index contributed by atoms with van der Waals surface area (Å²) in [5.74, 6) is -1.29. The number of esters is 1. The number of nitrogens with one attached hydrogen (secondary N) is 2. The van der Waals surface area contributed by atoms with Gasteiger partial charge in [0, 0.05) is 5.92 Å². The van der Waals surface area contributed by atoms with Gasteiger partial charge >= 0.3 is 18.2 Å². The van der Waals surface area contributed by atoms with E-state index in [1.807, 2.05) is 0 Å². The number of amides is 2. The molecule has 2 amide bonds. The number of ether oxygens (including phenoxy) is 3. The molecule has 2 aliphatic rings. The average Bonchev–Trinajstić information content (AvgIpc) is 3.27. The summed E-state index contributed by atoms with van der Waals surface area (Å²) < 4.78 is 15.6. The summed E-state index contributed by atoms with van der Waals surface area (Å²) in [6.07, 6.45) is -0.112. The first-order valence-corrected chi connectivity index (χ1v) is 12.1. The van der Waals surface area contributed by atoms with Crippen molar-refractivity contribution in [1.29, 1.82) is 0 Å². The minimum absolute atomic E-state index is 0.140. The van der Waals surface area contributed by atoms with E-state index in [0.717, 1.165) is 18.6 Å². The molecule has 11 nitrogen and oxygen atoms in total. The molecule has 1 saturated carbocycles. The van der Waals surface area contributed by atoms with Gasteiger partial charge in [0.05, 0.1) is 30.7 Å². The molecule has 0 saturated heterocycles. The number of carbonyl (C=O) groups is 3. The summed E-state index contributed by atoms with van der Waals surface area (Å²) in [6.45, 7) is 14.5. The van der Waals surface area contributed by atoms with Crippen LogP contribution >= 0.6 is 0 Å². The lowest BCUT2D eigenvalue weighted by Gasteiger charge is -2.24. The summed E-state index contributed by atoms with van der Waals surface area (Å²) in [5, 5.41) is 9.34. The minimum Gasteiger partial charge on any atom is -0.469 e. The zero-order valence-electron chi connectivity index (χ0n) is 22.3. The molecule has 2 rings (SSSR count). The Morgan fingerprint density at radius 2 is 1.54 bits per heavy atom. The molecule has 1 aliphatic heterocycles. The third-order valence-electron chi connectivity index (χ3n) is 5.72. The van der Waals surface area contributed by atoms with Crippen LogP contribution in [0.25, 0.3) is 0 Å². The molecule has 1 fully saturated rings. The number of carbonyl (C=O) groups excluding carboxylic acids is 3. The summed E-state index contributed by atoms with van der Waals surface area (Å²) in [5.41, 5.74) is -0.692. The first-order chi connectivity index (χ1) is 16.2. The van der Waals surface area contributed by atoms with Gasteiger partial charge in [-0.3, -0.25) is 15.4 Å². The highest BCUT2D eigenvalue weighted by Gasteiger charge is 2.55. The van der Waals surface area contributed by atoms with Crippen molar-refractivity contribution in [3.63, 3.8) is 0 Å². The second-order valence-electron chi connectivity index (χ2n) is 10.8. The molecule has 11 heteroatoms. The Morgan fingerprint density at radius 3 is 1.97 bits per heavy atom. The van der Waals surface area contributed by atoms with Crippen LogP contribution in [0.5, 0.6) is 0 Å². The SMILES string of the molecule is CCC(CC)C1=NO[C@H]2[C@H]1[C@@H](N=C(NC(=O)OC(C)(C)C)NC(=O)OC(C)(C)C)C[C@@H]2C(=O)OC. The number of guanidine groups is 1. The second-order valence-corrected chi connectivity index (χ2v) is 10.8. The van der Waals surface area contributed by atoms with Crippen LogP contribution in [0.15, 0.2) is 10.1 Å². The van der Waals surface area contributed by atoms with Gasteiger partial charge in [0.1, 0.15) is 11.2 Å². The standard InChI is InChI=1S/C24H40N4O7/c1-10-13(11-2)17-16-15(12-14(19(29)32-9)18(16)35-28-17)25-20(26-21(30)33-23(3,4)5)27-22(31)34-24(6,7)8/h13-16,18H,10-12H2,1-9H3,(H2,25,26,27,30,31)/t14-,15-,16-,18+/m0/s1. The van der Waals surface area contributed by atoms with E-state index in [-0.39, 0.29) is 17.8 Å². The number of alkyl carbamates (subject to hydrolysis) is 2. The van der Waals surface area contributed by atoms with E-state index in [2.05, 4.69) is 34.6 Å². The van der Waals surface area contributed by atoms with Gasteiger partial charge < -0.3 is 19.0 Å². The molecule has 2 N–H and O–H groups in total. The molecule has 0 unspecified atom stereocenters. The summed E-state index contributed by atoms with van der Waals surface area (Å²) in [6, 6.07) is -0.508. The van der Waals surface area contributed by atoms with Crippen LogP contribution in [0, 0.1) is 17.8 Å². The predicted octanol–water partition coefficient (Wildman–Crippen LogP) is 3.76. The number of nitrogens with zero attached hydrogens (tertiary/aromatic N) is 2. The van der Waals surface area contributed by atoms with Crippen molar-refractivity contribution in [1.82, 2.24) is 10.6 Å². The van der Waals surface area contributed by atoms with Crippen LogP contribution in [-0.4, -0.2) is 60.3 Å². The molecule has 0 radical (unpaired) electrons. The topological polar surface area (TPSA) is 137 Å². The highest BCUT2D eigenvalue weighted by molar-refractivity contribution is 6.02. The summed E-state index contributed by atoms with van der Waals surface area (Å²) >= 11 is 0. The quantitative estimate of drug-likeness (QED) is 0.256. The molecule has 1 aliphatic carbocycles. The Labute approximate surface area is 207 Å². The first kappa shape index (κ1) is 28.4. The lowest BCUT2D eigenvalue weighted by Crippen LogP contribution is -2.48. The third-order valence-corrected chi connectivity index (χ3v) is 5.72. The average molecular weight is 497 g/mol. The van der Waals surface area contributed by atoms with Gasteiger partial charge in [-0.25, -0.2) is 14.6 Å². The molecule has 0 bridgehead atoms. The van der Waals surface area contributed by atoms with Crippen LogP contribution in [0.4, 0.5) is 9.59 Å². The molecule has 0 aromatic rings. The van der Waals surface area contributed by atoms with E-state index in [1.165, 1.54) is 7.11 Å². The number of oxime groups is 1. The molecule has 198 valence electrons. The van der Waals surface area contributed by atoms with E-state index in [1.54, 1.807) is 41.5 Å². The maximum Gasteiger partial charge on any atom is 0.414 e. The number of rotatable bonds is 5. The highest BCUT2D eigenvalue weighted by Crippen LogP contribution is 2.43. The number of fused-ring (bicyclic) bond motifs is 1. The Balaban J connectivity index is 2.40. The monoisotopic (exact) mass is 496 g/mol. The Kier molecular flexibility index (Phi) is 9.13. The zero-order valence-corrected chi connectivity index (χ0v) is 22.3. The number of methoxy groups -OCH3 is 1. The molecule has 4 atom stereocenters. The fourth-order valence-corrected chi connectivity index (χ4v) is 4.33. The van der Waals surface area contributed by atoms with Crippen molar-refractivity contribution in [2.24, 2.45) is 27.9 Å². The van der Waals surface area contributed by atoms with E-state index in [0.29, 0.717) is 6.42 Å². The molecule has 35 heavy (non-hydrogen) atoms. The van der Waals surface area contributed by atoms with Crippen LogP contribution in [0.1, 0.15) is 74.7 Å². The normalized spacial score (nSPS) is 23.5. The van der Waals surface area contributed by atoms with Crippen molar-refractivity contribution < 1.29 is 33.4 Å². The highest BCUT2D eigenvalue weighted by atomic mass is 16.6. The Bertz CT molecular complexity index is 821. The van der Waals surface area contributed by atoms with Gasteiger partial charge in [-0.2, -0.15) is 0 Å². The summed E-state index contributed by atoms with van der Waals surface area (Å²) in [4.78, 5) is 47.8. The van der Waals surface area contributed by atoms with Gasteiger partial charge in [0.2, 0.25) is 5.96 Å². The number of hydrogen-bond donors (Lipinski definition) is 2. The maximum atomic E-state index is 12.5. The molecule has 0 aromatic carbocycles. The van der Waals surface area contributed by atoms with E-state index < -0.39 is 47.4 Å². The smallest absolute Gasteiger partial charge is 0.414 e. The van der Waals surface area contributed by atoms with Crippen molar-refractivity contribution in [2.75, 3.05) is 7.11 Å².